The second kappa shape index (κ2) is 4.62. The van der Waals surface area contributed by atoms with Crippen LogP contribution in [-0.4, -0.2) is 55.1 Å². The molecule has 2 aromatic heterocycles. The number of anilines is 1. The molecular formula is C11H14FN5O3. The van der Waals surface area contributed by atoms with Gasteiger partial charge in [-0.25, -0.2) is 4.98 Å². The maximum atomic E-state index is 13.4. The van der Waals surface area contributed by atoms with E-state index >= 15 is 0 Å². The minimum atomic E-state index is -1.14. The second-order valence-electron chi connectivity index (χ2n) is 4.63. The number of imidazole rings is 1. The Hall–Kier alpha value is -1.84. The van der Waals surface area contributed by atoms with Crippen molar-refractivity contribution in [3.05, 3.63) is 12.4 Å². The molecule has 0 aliphatic carbocycles. The third-order valence-electron chi connectivity index (χ3n) is 3.38. The average molecular weight is 283 g/mol. The van der Waals surface area contributed by atoms with Gasteiger partial charge in [0.15, 0.2) is 23.2 Å². The monoisotopic (exact) mass is 283 g/mol. The fourth-order valence-corrected chi connectivity index (χ4v) is 2.31. The predicted molar refractivity (Wildman–Crippen MR) is 66.4 cm³/mol. The fourth-order valence-electron chi connectivity index (χ4n) is 2.31. The molecule has 8 nitrogen and oxygen atoms in total. The topological polar surface area (TPSA) is 105 Å². The van der Waals surface area contributed by atoms with E-state index in [1.54, 1.807) is 14.0 Å². The Labute approximate surface area is 113 Å². The van der Waals surface area contributed by atoms with Gasteiger partial charge < -0.3 is 20.3 Å². The molecule has 1 saturated heterocycles. The highest BCUT2D eigenvalue weighted by atomic mass is 19.1. The van der Waals surface area contributed by atoms with Gasteiger partial charge in [-0.3, -0.25) is 4.57 Å². The molecular weight excluding hydrogens is 269 g/mol. The molecule has 0 saturated carbocycles. The Bertz CT molecular complexity index is 648. The molecule has 1 aliphatic rings. The molecule has 0 aromatic carbocycles. The van der Waals surface area contributed by atoms with Crippen molar-refractivity contribution in [3.63, 3.8) is 0 Å². The number of hydrogen-bond acceptors (Lipinski definition) is 7. The molecule has 1 unspecified atom stereocenters. The Kier molecular flexibility index (Phi) is 3.04. The summed E-state index contributed by atoms with van der Waals surface area (Å²) in [6.45, 7) is 1.64. The van der Waals surface area contributed by atoms with E-state index in [-0.39, 0.29) is 11.5 Å². The Morgan fingerprint density at radius 3 is 2.70 bits per heavy atom. The van der Waals surface area contributed by atoms with Crippen LogP contribution >= 0.6 is 0 Å². The number of ether oxygens (including phenoxy) is 1. The van der Waals surface area contributed by atoms with Crippen LogP contribution in [0.1, 0.15) is 13.2 Å². The lowest BCUT2D eigenvalue weighted by molar-refractivity contribution is -0.0300. The smallest absolute Gasteiger partial charge is 0.312 e. The molecule has 4 atom stereocenters. The lowest BCUT2D eigenvalue weighted by Gasteiger charge is -2.16. The molecule has 0 bridgehead atoms. The second-order valence-corrected chi connectivity index (χ2v) is 4.63. The molecule has 3 heterocycles. The van der Waals surface area contributed by atoms with E-state index in [9.17, 15) is 14.6 Å². The van der Waals surface area contributed by atoms with E-state index in [1.807, 2.05) is 0 Å². The minimum Gasteiger partial charge on any atom is -0.388 e. The molecule has 9 heteroatoms. The molecule has 108 valence electrons. The van der Waals surface area contributed by atoms with Crippen LogP contribution in [0.2, 0.25) is 0 Å². The Morgan fingerprint density at radius 1 is 1.35 bits per heavy atom. The van der Waals surface area contributed by atoms with Crippen LogP contribution in [0.4, 0.5) is 10.2 Å². The van der Waals surface area contributed by atoms with Gasteiger partial charge in [0.25, 0.3) is 0 Å². The maximum Gasteiger partial charge on any atom is 0.312 e. The normalized spacial score (nSPS) is 30.1. The van der Waals surface area contributed by atoms with Gasteiger partial charge >= 0.3 is 6.08 Å². The first kappa shape index (κ1) is 13.2. The number of nitrogens with one attached hydrogen (secondary N) is 1. The third-order valence-corrected chi connectivity index (χ3v) is 3.38. The van der Waals surface area contributed by atoms with Gasteiger partial charge in [-0.1, -0.05) is 0 Å². The lowest BCUT2D eigenvalue weighted by atomic mass is 10.1. The minimum absolute atomic E-state index is 0.187. The summed E-state index contributed by atoms with van der Waals surface area (Å²) in [5, 5.41) is 22.4. The number of fused-ring (bicyclic) bond motifs is 1. The predicted octanol–water partition coefficient (Wildman–Crippen LogP) is -0.354. The molecule has 1 fully saturated rings. The summed E-state index contributed by atoms with van der Waals surface area (Å²) in [4.78, 5) is 11.4. The van der Waals surface area contributed by atoms with E-state index in [1.165, 1.54) is 10.9 Å². The van der Waals surface area contributed by atoms with Gasteiger partial charge in [-0.2, -0.15) is 14.4 Å². The highest BCUT2D eigenvalue weighted by Gasteiger charge is 2.42. The van der Waals surface area contributed by atoms with E-state index in [0.29, 0.717) is 5.52 Å². The first-order valence-corrected chi connectivity index (χ1v) is 6.12. The van der Waals surface area contributed by atoms with E-state index in [2.05, 4.69) is 20.3 Å². The van der Waals surface area contributed by atoms with E-state index < -0.39 is 30.6 Å². The van der Waals surface area contributed by atoms with Gasteiger partial charge in [-0.15, -0.1) is 0 Å². The number of halogens is 1. The summed E-state index contributed by atoms with van der Waals surface area (Å²) in [6, 6.07) is 0. The largest absolute Gasteiger partial charge is 0.388 e. The molecule has 0 radical (unpaired) electrons. The van der Waals surface area contributed by atoms with Gasteiger partial charge in [0.1, 0.15) is 12.2 Å². The van der Waals surface area contributed by atoms with Crippen molar-refractivity contribution in [1.82, 2.24) is 19.5 Å². The van der Waals surface area contributed by atoms with Crippen LogP contribution in [-0.2, 0) is 4.74 Å². The summed E-state index contributed by atoms with van der Waals surface area (Å²) in [5.41, 5.74) is 0.547. The number of nitrogens with zero attached hydrogens (tertiary/aromatic N) is 4. The quantitative estimate of drug-likeness (QED) is 0.647. The number of hydrogen-bond donors (Lipinski definition) is 3. The average Bonchev–Trinajstić information content (AvgIpc) is 2.94. The van der Waals surface area contributed by atoms with Crippen molar-refractivity contribution < 1.29 is 19.3 Å². The van der Waals surface area contributed by atoms with Crippen molar-refractivity contribution in [2.45, 2.75) is 31.5 Å². The summed E-state index contributed by atoms with van der Waals surface area (Å²) in [7, 11) is 1.59. The SMILES string of the molecule is CNc1nc(F)nc2c1ncn2C1O[C@H](C)[C@@H](O)[C@H]1O. The van der Waals surface area contributed by atoms with Crippen LogP contribution in [0, 0.1) is 6.08 Å². The molecule has 3 N–H and O–H groups in total. The molecule has 20 heavy (non-hydrogen) atoms. The Balaban J connectivity index is 2.11. The van der Waals surface area contributed by atoms with Gasteiger partial charge in [0.05, 0.1) is 12.4 Å². The zero-order valence-electron chi connectivity index (χ0n) is 10.9. The molecule has 1 aliphatic heterocycles. The van der Waals surface area contributed by atoms with Crippen molar-refractivity contribution in [2.75, 3.05) is 12.4 Å². The van der Waals surface area contributed by atoms with Gasteiger partial charge in [0, 0.05) is 7.05 Å². The van der Waals surface area contributed by atoms with Crippen LogP contribution in [0.15, 0.2) is 6.33 Å². The number of aromatic nitrogens is 4. The summed E-state index contributed by atoms with van der Waals surface area (Å²) < 4.78 is 20.3. The maximum absolute atomic E-state index is 13.4. The number of aliphatic hydroxyl groups excluding tert-OH is 2. The van der Waals surface area contributed by atoms with Gasteiger partial charge in [-0.05, 0) is 6.92 Å². The number of aliphatic hydroxyl groups is 2. The van der Waals surface area contributed by atoms with Crippen molar-refractivity contribution in [3.8, 4) is 0 Å². The Morgan fingerprint density at radius 2 is 2.10 bits per heavy atom. The zero-order chi connectivity index (χ0) is 14.4. The first-order valence-electron chi connectivity index (χ1n) is 6.12. The van der Waals surface area contributed by atoms with Crippen LogP contribution < -0.4 is 5.32 Å². The van der Waals surface area contributed by atoms with Crippen molar-refractivity contribution in [1.29, 1.82) is 0 Å². The summed E-state index contributed by atoms with van der Waals surface area (Å²) in [6.07, 6.45) is -3.11. The number of rotatable bonds is 2. The van der Waals surface area contributed by atoms with Crippen molar-refractivity contribution >= 4 is 17.0 Å². The van der Waals surface area contributed by atoms with Crippen LogP contribution in [0.3, 0.4) is 0 Å². The fraction of sp³-hybridized carbons (Fsp3) is 0.545. The molecule has 0 spiro atoms. The molecule has 3 rings (SSSR count). The summed E-state index contributed by atoms with van der Waals surface area (Å²) >= 11 is 0. The van der Waals surface area contributed by atoms with Crippen LogP contribution in [0.5, 0.6) is 0 Å². The molecule has 2 aromatic rings. The molecule has 0 amide bonds. The van der Waals surface area contributed by atoms with Gasteiger partial charge in [0.2, 0.25) is 0 Å². The summed E-state index contributed by atoms with van der Waals surface area (Å²) in [5.74, 6) is 0.243. The standard InChI is InChI=1S/C11H14FN5O3/c1-4-6(18)7(19)10(20-4)17-3-14-5-8(13-2)15-11(12)16-9(5)17/h3-4,6-7,10,18-19H,1-2H3,(H,13,15,16)/t4-,6-,7-,10?/m1/s1. The first-order chi connectivity index (χ1) is 9.52. The van der Waals surface area contributed by atoms with E-state index in [4.69, 9.17) is 4.74 Å². The highest BCUT2D eigenvalue weighted by molar-refractivity contribution is 5.82. The zero-order valence-corrected chi connectivity index (χ0v) is 10.9. The third kappa shape index (κ3) is 1.82. The van der Waals surface area contributed by atoms with Crippen LogP contribution in [0.25, 0.3) is 11.2 Å². The highest BCUT2D eigenvalue weighted by Crippen LogP contribution is 2.31. The lowest BCUT2D eigenvalue weighted by Crippen LogP contribution is -2.30. The van der Waals surface area contributed by atoms with Crippen molar-refractivity contribution in [2.24, 2.45) is 0 Å². The van der Waals surface area contributed by atoms with E-state index in [0.717, 1.165) is 0 Å².